The van der Waals surface area contributed by atoms with Crippen LogP contribution in [0.25, 0.3) is 0 Å². The molecule has 0 aromatic heterocycles. The van der Waals surface area contributed by atoms with Gasteiger partial charge in [-0.05, 0) is 34.6 Å². The Bertz CT molecular complexity index is 1160. The van der Waals surface area contributed by atoms with Crippen molar-refractivity contribution in [1.82, 2.24) is 0 Å². The molecule has 6 aliphatic heterocycles. The number of esters is 2. The van der Waals surface area contributed by atoms with Gasteiger partial charge >= 0.3 is 18.1 Å². The number of hydrogen-bond acceptors (Lipinski definition) is 17. The van der Waals surface area contributed by atoms with Crippen molar-refractivity contribution in [3.8, 4) is 0 Å². The third kappa shape index (κ3) is 6.03. The van der Waals surface area contributed by atoms with Crippen molar-refractivity contribution in [2.24, 2.45) is 0 Å². The number of carbonyl (C=O) groups is 3. The van der Waals surface area contributed by atoms with Crippen LogP contribution >= 0.6 is 0 Å². The molecule has 0 radical (unpaired) electrons. The van der Waals surface area contributed by atoms with Crippen LogP contribution in [0.1, 0.15) is 41.5 Å². The van der Waals surface area contributed by atoms with Gasteiger partial charge < -0.3 is 66.3 Å². The molecule has 0 aromatic rings. The number of ether oxygens (including phenoxy) is 14. The summed E-state index contributed by atoms with van der Waals surface area (Å²) in [5.41, 5.74) is -1.19. The fourth-order valence-electron chi connectivity index (χ4n) is 6.72. The normalized spacial score (nSPS) is 46.0. The zero-order valence-corrected chi connectivity index (χ0v) is 26.3. The first-order valence-electron chi connectivity index (χ1n) is 14.7. The number of methoxy groups -OCH3 is 2. The maximum atomic E-state index is 12.5. The first-order valence-corrected chi connectivity index (χ1v) is 14.7. The van der Waals surface area contributed by atoms with Crippen LogP contribution in [0, 0.1) is 0 Å². The Hall–Kier alpha value is -2.19. The molecule has 13 atom stereocenters. The molecule has 0 aliphatic carbocycles. The van der Waals surface area contributed by atoms with Crippen LogP contribution in [0.2, 0.25) is 0 Å². The van der Waals surface area contributed by atoms with Gasteiger partial charge in [0, 0.05) is 14.0 Å². The summed E-state index contributed by atoms with van der Waals surface area (Å²) in [5, 5.41) is 0. The van der Waals surface area contributed by atoms with E-state index in [2.05, 4.69) is 0 Å². The van der Waals surface area contributed by atoms with E-state index in [0.29, 0.717) is 0 Å². The molecule has 0 amide bonds. The summed E-state index contributed by atoms with van der Waals surface area (Å²) in [5.74, 6) is -3.33. The Morgan fingerprint density at radius 2 is 1.58 bits per heavy atom. The van der Waals surface area contributed by atoms with Crippen LogP contribution in [0.3, 0.4) is 0 Å². The molecular weight excluding hydrogens is 608 g/mol. The first kappa shape index (κ1) is 32.7. The van der Waals surface area contributed by atoms with Gasteiger partial charge in [-0.15, -0.1) is 0 Å². The minimum Gasteiger partial charge on any atom is -0.467 e. The maximum absolute atomic E-state index is 12.5. The molecule has 254 valence electrons. The summed E-state index contributed by atoms with van der Waals surface area (Å²) in [4.78, 5) is 36.3. The van der Waals surface area contributed by atoms with Gasteiger partial charge in [-0.1, -0.05) is 0 Å². The molecule has 45 heavy (non-hydrogen) atoms. The Morgan fingerprint density at radius 1 is 0.867 bits per heavy atom. The summed E-state index contributed by atoms with van der Waals surface area (Å²) in [7, 11) is 2.66. The predicted octanol–water partition coefficient (Wildman–Crippen LogP) is 0.280. The van der Waals surface area contributed by atoms with Crippen molar-refractivity contribution in [2.75, 3.05) is 27.4 Å². The molecule has 17 nitrogen and oxygen atoms in total. The van der Waals surface area contributed by atoms with E-state index in [0.717, 1.165) is 0 Å². The van der Waals surface area contributed by atoms with Crippen LogP contribution in [0.4, 0.5) is 4.79 Å². The first-order chi connectivity index (χ1) is 21.2. The third-order valence-corrected chi connectivity index (χ3v) is 8.40. The highest BCUT2D eigenvalue weighted by Crippen LogP contribution is 2.47. The fourth-order valence-corrected chi connectivity index (χ4v) is 6.72. The van der Waals surface area contributed by atoms with Crippen molar-refractivity contribution in [1.29, 1.82) is 0 Å². The molecule has 0 N–H and O–H groups in total. The summed E-state index contributed by atoms with van der Waals surface area (Å²) in [6.07, 6.45) is -12.2. The van der Waals surface area contributed by atoms with Crippen LogP contribution in [0.5, 0.6) is 0 Å². The van der Waals surface area contributed by atoms with Crippen LogP contribution in [-0.2, 0) is 75.9 Å². The SMILES string of the molecule is COC(=O)[C@H]1O[C@H](OC)[C@H](O[C@@H]2OC[C@@]3(CO[C@H]4O[C@@H](C)[C@H](OC(C)=O)[C@H]5OC(=O)O[C@@H]45)OC(C)(C)O[C@@H]23)[C@H]2OC(C)(C)O[C@H]21. The van der Waals surface area contributed by atoms with E-state index < -0.39 is 109 Å². The zero-order valence-electron chi connectivity index (χ0n) is 26.3. The van der Waals surface area contributed by atoms with Crippen LogP contribution in [-0.4, -0.2) is 137 Å². The molecule has 6 rings (SSSR count). The Morgan fingerprint density at radius 3 is 2.27 bits per heavy atom. The Labute approximate surface area is 259 Å². The van der Waals surface area contributed by atoms with Crippen LogP contribution < -0.4 is 0 Å². The van der Waals surface area contributed by atoms with Gasteiger partial charge in [-0.3, -0.25) is 4.79 Å². The van der Waals surface area contributed by atoms with Gasteiger partial charge in [-0.2, -0.15) is 0 Å². The molecular formula is C28H40O17. The third-order valence-electron chi connectivity index (χ3n) is 8.40. The highest BCUT2D eigenvalue weighted by atomic mass is 16.8. The van der Waals surface area contributed by atoms with Gasteiger partial charge in [0.1, 0.15) is 30.0 Å². The van der Waals surface area contributed by atoms with Crippen molar-refractivity contribution in [2.45, 2.75) is 133 Å². The molecule has 6 aliphatic rings. The zero-order chi connectivity index (χ0) is 32.5. The molecule has 0 spiro atoms. The van der Waals surface area contributed by atoms with Gasteiger partial charge in [0.25, 0.3) is 0 Å². The predicted molar refractivity (Wildman–Crippen MR) is 140 cm³/mol. The number of hydrogen-bond donors (Lipinski definition) is 0. The van der Waals surface area contributed by atoms with E-state index in [4.69, 9.17) is 66.3 Å². The standard InChI is InChI=1S/C28H40O17/c1-11-13(37-12(2)29)14-18(41-25(31)40-14)23(36-11)34-9-28-10-35-24(20(28)44-27(5,6)45-28)39-19-16-15(42-26(3,4)43-16)17(21(30)32-7)38-22(19)33-8/h11,13-20,22-24H,9-10H2,1-8H3/t11-,13-,14+,15+,16-,17-,18+,19+,20-,22-,23-,24-,28+/m0/s1. The smallest absolute Gasteiger partial charge is 0.467 e. The lowest BCUT2D eigenvalue weighted by Crippen LogP contribution is -2.61. The molecule has 0 aromatic carbocycles. The molecule has 0 bridgehead atoms. The highest BCUT2D eigenvalue weighted by molar-refractivity contribution is 5.75. The van der Waals surface area contributed by atoms with Crippen molar-refractivity contribution in [3.63, 3.8) is 0 Å². The average Bonchev–Trinajstić information content (AvgIpc) is 3.67. The van der Waals surface area contributed by atoms with Crippen molar-refractivity contribution in [3.05, 3.63) is 0 Å². The van der Waals surface area contributed by atoms with E-state index >= 15 is 0 Å². The number of carbonyl (C=O) groups excluding carboxylic acids is 3. The number of fused-ring (bicyclic) bond motifs is 3. The van der Waals surface area contributed by atoms with Crippen molar-refractivity contribution >= 4 is 18.1 Å². The van der Waals surface area contributed by atoms with Crippen LogP contribution in [0.15, 0.2) is 0 Å². The second-order valence-electron chi connectivity index (χ2n) is 12.6. The minimum absolute atomic E-state index is 0.0125. The molecule has 17 heteroatoms. The number of rotatable bonds is 8. The largest absolute Gasteiger partial charge is 0.509 e. The fraction of sp³-hybridized carbons (Fsp3) is 0.893. The van der Waals surface area contributed by atoms with Gasteiger partial charge in [-0.25, -0.2) is 9.59 Å². The maximum Gasteiger partial charge on any atom is 0.509 e. The van der Waals surface area contributed by atoms with E-state index in [9.17, 15) is 14.4 Å². The van der Waals surface area contributed by atoms with Gasteiger partial charge in [0.2, 0.25) is 0 Å². The quantitative estimate of drug-likeness (QED) is 0.258. The van der Waals surface area contributed by atoms with Gasteiger partial charge in [0.15, 0.2) is 54.9 Å². The second-order valence-corrected chi connectivity index (χ2v) is 12.6. The van der Waals surface area contributed by atoms with E-state index in [1.165, 1.54) is 21.1 Å². The molecule has 6 saturated heterocycles. The average molecular weight is 649 g/mol. The summed E-state index contributed by atoms with van der Waals surface area (Å²) in [6, 6.07) is 0. The lowest BCUT2D eigenvalue weighted by Gasteiger charge is -2.41. The second kappa shape index (κ2) is 11.8. The highest BCUT2D eigenvalue weighted by Gasteiger charge is 2.66. The lowest BCUT2D eigenvalue weighted by molar-refractivity contribution is -0.317. The summed E-state index contributed by atoms with van der Waals surface area (Å²) >= 11 is 0. The Balaban J connectivity index is 1.19. The summed E-state index contributed by atoms with van der Waals surface area (Å²) < 4.78 is 81.8. The monoisotopic (exact) mass is 648 g/mol. The Kier molecular flexibility index (Phi) is 8.59. The molecule has 0 unspecified atom stereocenters. The van der Waals surface area contributed by atoms with Gasteiger partial charge in [0.05, 0.1) is 26.4 Å². The van der Waals surface area contributed by atoms with E-state index in [1.807, 2.05) is 0 Å². The molecule has 6 fully saturated rings. The van der Waals surface area contributed by atoms with Crippen molar-refractivity contribution < 1.29 is 80.7 Å². The minimum atomic E-state index is -1.19. The van der Waals surface area contributed by atoms with E-state index in [1.54, 1.807) is 34.6 Å². The topological polar surface area (TPSA) is 180 Å². The molecule has 0 saturated carbocycles. The lowest BCUT2D eigenvalue weighted by atomic mass is 9.97. The molecule has 6 heterocycles. The van der Waals surface area contributed by atoms with E-state index in [-0.39, 0.29) is 13.2 Å². The summed E-state index contributed by atoms with van der Waals surface area (Å²) in [6.45, 7) is 9.68.